The minimum atomic E-state index is -0.692. The van der Waals surface area contributed by atoms with Gasteiger partial charge in [-0.3, -0.25) is 0 Å². The Morgan fingerprint density at radius 1 is 1.09 bits per heavy atom. The van der Waals surface area contributed by atoms with Crippen molar-refractivity contribution in [3.63, 3.8) is 0 Å². The highest BCUT2D eigenvalue weighted by molar-refractivity contribution is 6.62. The van der Waals surface area contributed by atoms with Gasteiger partial charge in [-0.25, -0.2) is 4.79 Å². The van der Waals surface area contributed by atoms with Gasteiger partial charge in [-0.2, -0.15) is 0 Å². The first-order valence-corrected chi connectivity index (χ1v) is 11.6. The molecule has 1 N–H and O–H groups in total. The number of nitrogens with zero attached hydrogens (tertiary/aromatic N) is 1. The number of rotatable bonds is 3. The minimum Gasteiger partial charge on any atom is -0.484 e. The summed E-state index contributed by atoms with van der Waals surface area (Å²) in [7, 11) is 4.80. The van der Waals surface area contributed by atoms with Crippen molar-refractivity contribution in [2.24, 2.45) is 0 Å². The lowest BCUT2D eigenvalue weighted by atomic mass is 9.68. The molecule has 176 valence electrons. The van der Waals surface area contributed by atoms with Gasteiger partial charge in [0.05, 0.1) is 17.3 Å². The maximum atomic E-state index is 12.9. The second-order valence-electron chi connectivity index (χ2n) is 10.8. The van der Waals surface area contributed by atoms with Crippen LogP contribution < -0.4 is 15.5 Å². The zero-order valence-corrected chi connectivity index (χ0v) is 20.7. The molecule has 4 rings (SSSR count). The van der Waals surface area contributed by atoms with Gasteiger partial charge in [0.2, 0.25) is 0 Å². The molecule has 2 fully saturated rings. The second kappa shape index (κ2) is 7.64. The van der Waals surface area contributed by atoms with Crippen LogP contribution in [0.3, 0.4) is 0 Å². The van der Waals surface area contributed by atoms with E-state index in [-0.39, 0.29) is 12.1 Å². The fourth-order valence-electron chi connectivity index (χ4n) is 5.11. The van der Waals surface area contributed by atoms with E-state index in [9.17, 15) is 4.79 Å². The zero-order chi connectivity index (χ0) is 23.5. The van der Waals surface area contributed by atoms with Crippen molar-refractivity contribution in [1.29, 1.82) is 0 Å². The van der Waals surface area contributed by atoms with Crippen molar-refractivity contribution >= 4 is 18.6 Å². The molecule has 2 heterocycles. The summed E-state index contributed by atoms with van der Waals surface area (Å²) in [5.41, 5.74) is -0.160. The summed E-state index contributed by atoms with van der Waals surface area (Å²) < 4.78 is 24.8. The summed E-state index contributed by atoms with van der Waals surface area (Å²) in [4.78, 5) is 14.4. The van der Waals surface area contributed by atoms with E-state index in [1.54, 1.807) is 26.1 Å². The first-order chi connectivity index (χ1) is 14.8. The number of amides is 2. The van der Waals surface area contributed by atoms with Gasteiger partial charge in [0.15, 0.2) is 0 Å². The Kier molecular flexibility index (Phi) is 5.58. The van der Waals surface area contributed by atoms with Crippen LogP contribution in [0, 0.1) is 0 Å². The van der Waals surface area contributed by atoms with E-state index in [0.717, 1.165) is 42.5 Å². The average molecular weight is 444 g/mol. The Hall–Kier alpha value is -1.77. The molecule has 32 heavy (non-hydrogen) atoms. The molecule has 0 aromatic heterocycles. The zero-order valence-electron chi connectivity index (χ0n) is 20.7. The molecule has 1 aromatic carbocycles. The molecule has 0 unspecified atom stereocenters. The van der Waals surface area contributed by atoms with E-state index in [1.165, 1.54) is 0 Å². The second-order valence-corrected chi connectivity index (χ2v) is 10.8. The standard InChI is InChI=1S/C24H37BN2O5/c1-21(2)22(3,4)32-25(31-21)16-9-10-19-18(15-16)23(5,26-20(28)27(6)7)24(30-19)13-11-17(29-8)12-14-24/h9-10,15,17H,11-14H2,1-8H3,(H,26,28)/t17?,23-,24?/m0/s1. The van der Waals surface area contributed by atoms with Crippen LogP contribution in [-0.4, -0.2) is 62.2 Å². The van der Waals surface area contributed by atoms with Gasteiger partial charge in [-0.1, -0.05) is 12.1 Å². The normalized spacial score (nSPS) is 32.5. The number of fused-ring (bicyclic) bond motifs is 1. The van der Waals surface area contributed by atoms with E-state index in [0.29, 0.717) is 0 Å². The van der Waals surface area contributed by atoms with Crippen LogP contribution in [0.5, 0.6) is 5.75 Å². The number of benzene rings is 1. The van der Waals surface area contributed by atoms with Crippen LogP contribution >= 0.6 is 0 Å². The van der Waals surface area contributed by atoms with Crippen LogP contribution in [0.2, 0.25) is 0 Å². The number of ether oxygens (including phenoxy) is 2. The molecule has 1 spiro atoms. The van der Waals surface area contributed by atoms with Crippen LogP contribution in [0.25, 0.3) is 0 Å². The molecule has 7 nitrogen and oxygen atoms in total. The predicted octanol–water partition coefficient (Wildman–Crippen LogP) is 3.19. The molecular formula is C24H37BN2O5. The fourth-order valence-corrected chi connectivity index (χ4v) is 5.11. The summed E-state index contributed by atoms with van der Waals surface area (Å²) in [6, 6.07) is 5.95. The molecule has 2 aliphatic heterocycles. The number of carbonyl (C=O) groups is 1. The summed E-state index contributed by atoms with van der Waals surface area (Å²) >= 11 is 0. The number of hydrogen-bond acceptors (Lipinski definition) is 5. The third-order valence-corrected chi connectivity index (χ3v) is 8.12. The smallest absolute Gasteiger partial charge is 0.484 e. The van der Waals surface area contributed by atoms with E-state index in [1.807, 2.05) is 39.8 Å². The SMILES string of the molecule is COC1CCC2(CC1)Oc1ccc(B3OC(C)(C)C(C)(C)O3)cc1[C@]2(C)NC(=O)N(C)C. The van der Waals surface area contributed by atoms with E-state index in [4.69, 9.17) is 18.8 Å². The molecule has 2 amide bonds. The topological polar surface area (TPSA) is 69.3 Å². The summed E-state index contributed by atoms with van der Waals surface area (Å²) in [5, 5.41) is 3.29. The summed E-state index contributed by atoms with van der Waals surface area (Å²) in [6.07, 6.45) is 3.61. The molecule has 1 aliphatic carbocycles. The number of urea groups is 1. The highest BCUT2D eigenvalue weighted by atomic mass is 16.7. The Bertz CT molecular complexity index is 878. The maximum absolute atomic E-state index is 12.9. The van der Waals surface area contributed by atoms with Gasteiger partial charge in [-0.05, 0) is 71.8 Å². The van der Waals surface area contributed by atoms with Crippen LogP contribution in [-0.2, 0) is 19.6 Å². The largest absolute Gasteiger partial charge is 0.494 e. The van der Waals surface area contributed by atoms with Gasteiger partial charge in [0.1, 0.15) is 16.9 Å². The number of methoxy groups -OCH3 is 1. The van der Waals surface area contributed by atoms with Crippen molar-refractivity contribution in [1.82, 2.24) is 10.2 Å². The average Bonchev–Trinajstić information content (AvgIpc) is 3.08. The van der Waals surface area contributed by atoms with E-state index in [2.05, 4.69) is 18.3 Å². The Morgan fingerprint density at radius 3 is 2.22 bits per heavy atom. The lowest BCUT2D eigenvalue weighted by Crippen LogP contribution is -2.62. The summed E-state index contributed by atoms with van der Waals surface area (Å²) in [6.45, 7) is 10.3. The van der Waals surface area contributed by atoms with E-state index < -0.39 is 29.5 Å². The Labute approximate surface area is 192 Å². The predicted molar refractivity (Wildman–Crippen MR) is 124 cm³/mol. The molecule has 3 aliphatic rings. The lowest BCUT2D eigenvalue weighted by molar-refractivity contribution is -0.0590. The third-order valence-electron chi connectivity index (χ3n) is 8.12. The van der Waals surface area contributed by atoms with Gasteiger partial charge < -0.3 is 29.0 Å². The molecule has 1 atom stereocenters. The molecule has 0 radical (unpaired) electrons. The van der Waals surface area contributed by atoms with Crippen LogP contribution in [0.1, 0.15) is 65.9 Å². The molecule has 1 aromatic rings. The number of hydrogen-bond donors (Lipinski definition) is 1. The first kappa shape index (κ1) is 23.4. The van der Waals surface area contributed by atoms with Crippen LogP contribution in [0.15, 0.2) is 18.2 Å². The molecule has 8 heteroatoms. The number of nitrogens with one attached hydrogen (secondary N) is 1. The van der Waals surface area contributed by atoms with Crippen molar-refractivity contribution in [3.05, 3.63) is 23.8 Å². The summed E-state index contributed by atoms with van der Waals surface area (Å²) in [5.74, 6) is 0.808. The number of carbonyl (C=O) groups excluding carboxylic acids is 1. The van der Waals surface area contributed by atoms with Crippen molar-refractivity contribution < 1.29 is 23.6 Å². The molecule has 1 saturated carbocycles. The highest BCUT2D eigenvalue weighted by Gasteiger charge is 2.60. The third kappa shape index (κ3) is 3.51. The molecule has 0 bridgehead atoms. The molecular weight excluding hydrogens is 407 g/mol. The monoisotopic (exact) mass is 444 g/mol. The molecule has 1 saturated heterocycles. The van der Waals surface area contributed by atoms with Crippen molar-refractivity contribution in [2.45, 2.75) is 88.7 Å². The lowest BCUT2D eigenvalue weighted by Gasteiger charge is -2.46. The quantitative estimate of drug-likeness (QED) is 0.726. The van der Waals surface area contributed by atoms with Crippen molar-refractivity contribution in [3.8, 4) is 5.75 Å². The minimum absolute atomic E-state index is 0.141. The van der Waals surface area contributed by atoms with Crippen molar-refractivity contribution in [2.75, 3.05) is 21.2 Å². The van der Waals surface area contributed by atoms with E-state index >= 15 is 0 Å². The van der Waals surface area contributed by atoms with Gasteiger partial charge in [-0.15, -0.1) is 0 Å². The van der Waals surface area contributed by atoms with Crippen LogP contribution in [0.4, 0.5) is 4.79 Å². The van der Waals surface area contributed by atoms with Gasteiger partial charge >= 0.3 is 13.1 Å². The van der Waals surface area contributed by atoms with Gasteiger partial charge in [0, 0.05) is 26.8 Å². The highest BCUT2D eigenvalue weighted by Crippen LogP contribution is 2.54. The maximum Gasteiger partial charge on any atom is 0.494 e. The first-order valence-electron chi connectivity index (χ1n) is 11.6. The Morgan fingerprint density at radius 2 is 1.69 bits per heavy atom. The Balaban J connectivity index is 1.72. The van der Waals surface area contributed by atoms with Gasteiger partial charge in [0.25, 0.3) is 0 Å². The fraction of sp³-hybridized carbons (Fsp3) is 0.708.